The molecule has 0 spiro atoms. The third-order valence-electron chi connectivity index (χ3n) is 5.03. The number of anilines is 1. The van der Waals surface area contributed by atoms with Crippen LogP contribution in [0.5, 0.6) is 11.5 Å². The molecule has 31 heavy (non-hydrogen) atoms. The monoisotopic (exact) mass is 553 g/mol. The van der Waals surface area contributed by atoms with Crippen LogP contribution >= 0.6 is 34.8 Å². The van der Waals surface area contributed by atoms with Crippen molar-refractivity contribution in [3.05, 3.63) is 51.1 Å². The number of hydrogen-bond acceptors (Lipinski definition) is 5. The number of thiocarbonyl (C=S) groups is 1. The van der Waals surface area contributed by atoms with E-state index in [4.69, 9.17) is 21.7 Å². The molecule has 1 aliphatic rings. The third-order valence-corrected chi connectivity index (χ3v) is 6.32. The molecule has 1 saturated heterocycles. The second-order valence-electron chi connectivity index (χ2n) is 7.52. The second-order valence-corrected chi connectivity index (χ2v) is 9.07. The Morgan fingerprint density at radius 2 is 1.81 bits per heavy atom. The van der Waals surface area contributed by atoms with E-state index >= 15 is 0 Å². The Bertz CT molecular complexity index is 928. The standard InChI is InChI=1S/C23H28IN3O3S/c1-4-29-20-14-17(23(31)27-11-9-26(3)10-12-27)13-19(24)22(20)30-15-21(28)25-18-7-5-16(2)6-8-18/h5-8,13-14H,4,9-12,15H2,1-3H3,(H,25,28). The van der Waals surface area contributed by atoms with Crippen LogP contribution in [0, 0.1) is 10.5 Å². The molecule has 166 valence electrons. The first-order valence-electron chi connectivity index (χ1n) is 10.3. The molecule has 2 aromatic carbocycles. The summed E-state index contributed by atoms with van der Waals surface area (Å²) in [5, 5.41) is 2.85. The van der Waals surface area contributed by atoms with Crippen LogP contribution in [-0.4, -0.2) is 67.1 Å². The van der Waals surface area contributed by atoms with Crippen LogP contribution in [0.15, 0.2) is 36.4 Å². The predicted octanol–water partition coefficient (Wildman–Crippen LogP) is 3.94. The number of amides is 1. The molecule has 3 rings (SSSR count). The Kier molecular flexibility index (Phi) is 8.50. The molecule has 1 amide bonds. The molecular formula is C23H28IN3O3S. The van der Waals surface area contributed by atoms with Crippen molar-refractivity contribution < 1.29 is 14.3 Å². The molecule has 0 unspecified atom stereocenters. The lowest BCUT2D eigenvalue weighted by Gasteiger charge is -2.34. The lowest BCUT2D eigenvalue weighted by atomic mass is 10.1. The van der Waals surface area contributed by atoms with Crippen molar-refractivity contribution in [2.75, 3.05) is 51.8 Å². The fraction of sp³-hybridized carbons (Fsp3) is 0.391. The average molecular weight is 553 g/mol. The fourth-order valence-electron chi connectivity index (χ4n) is 3.26. The van der Waals surface area contributed by atoms with Crippen LogP contribution in [0.1, 0.15) is 18.1 Å². The van der Waals surface area contributed by atoms with Gasteiger partial charge in [-0.1, -0.05) is 29.9 Å². The maximum Gasteiger partial charge on any atom is 0.262 e. The van der Waals surface area contributed by atoms with Gasteiger partial charge in [0, 0.05) is 37.4 Å². The summed E-state index contributed by atoms with van der Waals surface area (Å²) in [5.41, 5.74) is 2.82. The van der Waals surface area contributed by atoms with Crippen LogP contribution in [0.4, 0.5) is 5.69 Å². The summed E-state index contributed by atoms with van der Waals surface area (Å²) >= 11 is 7.97. The van der Waals surface area contributed by atoms with Crippen molar-refractivity contribution in [3.8, 4) is 11.5 Å². The number of ether oxygens (including phenoxy) is 2. The van der Waals surface area contributed by atoms with Crippen molar-refractivity contribution in [2.45, 2.75) is 13.8 Å². The quantitative estimate of drug-likeness (QED) is 0.415. The summed E-state index contributed by atoms with van der Waals surface area (Å²) in [6, 6.07) is 11.6. The molecule has 0 radical (unpaired) electrons. The first-order valence-corrected chi connectivity index (χ1v) is 11.8. The highest BCUT2D eigenvalue weighted by Crippen LogP contribution is 2.35. The molecule has 0 aromatic heterocycles. The molecule has 1 heterocycles. The number of rotatable bonds is 7. The van der Waals surface area contributed by atoms with Gasteiger partial charge >= 0.3 is 0 Å². The van der Waals surface area contributed by atoms with Gasteiger partial charge in [-0.15, -0.1) is 0 Å². The molecule has 1 aliphatic heterocycles. The van der Waals surface area contributed by atoms with E-state index < -0.39 is 0 Å². The highest BCUT2D eigenvalue weighted by atomic mass is 127. The van der Waals surface area contributed by atoms with Crippen LogP contribution in [0.3, 0.4) is 0 Å². The molecule has 0 aliphatic carbocycles. The van der Waals surface area contributed by atoms with E-state index in [1.807, 2.05) is 50.2 Å². The molecule has 0 atom stereocenters. The number of carbonyl (C=O) groups excluding carboxylic acids is 1. The zero-order valence-corrected chi connectivity index (χ0v) is 21.1. The number of nitrogens with zero attached hydrogens (tertiary/aromatic N) is 2. The van der Waals surface area contributed by atoms with Crippen LogP contribution < -0.4 is 14.8 Å². The summed E-state index contributed by atoms with van der Waals surface area (Å²) in [6.07, 6.45) is 0. The SMILES string of the molecule is CCOc1cc(C(=S)N2CCN(C)CC2)cc(I)c1OCC(=O)Nc1ccc(C)cc1. The van der Waals surface area contributed by atoms with E-state index in [9.17, 15) is 4.79 Å². The lowest BCUT2D eigenvalue weighted by Crippen LogP contribution is -2.46. The number of carbonyl (C=O) groups is 1. The number of piperazine rings is 1. The Labute approximate surface area is 203 Å². The van der Waals surface area contributed by atoms with Crippen LogP contribution in [0.25, 0.3) is 0 Å². The van der Waals surface area contributed by atoms with Crippen LogP contribution in [0.2, 0.25) is 0 Å². The number of hydrogen-bond donors (Lipinski definition) is 1. The Morgan fingerprint density at radius 1 is 1.13 bits per heavy atom. The van der Waals surface area contributed by atoms with E-state index in [1.54, 1.807) is 0 Å². The van der Waals surface area contributed by atoms with Crippen molar-refractivity contribution in [2.24, 2.45) is 0 Å². The summed E-state index contributed by atoms with van der Waals surface area (Å²) in [5.74, 6) is 0.939. The van der Waals surface area contributed by atoms with Gasteiger partial charge in [-0.3, -0.25) is 4.79 Å². The highest BCUT2D eigenvalue weighted by Gasteiger charge is 2.21. The van der Waals surface area contributed by atoms with Crippen LogP contribution in [-0.2, 0) is 4.79 Å². The Morgan fingerprint density at radius 3 is 2.45 bits per heavy atom. The summed E-state index contributed by atoms with van der Waals surface area (Å²) < 4.78 is 12.6. The number of likely N-dealkylation sites (N-methyl/N-ethyl adjacent to an activating group) is 1. The minimum absolute atomic E-state index is 0.105. The smallest absolute Gasteiger partial charge is 0.262 e. The fourth-order valence-corrected chi connectivity index (χ4v) is 4.32. The van der Waals surface area contributed by atoms with Gasteiger partial charge in [-0.2, -0.15) is 0 Å². The molecule has 0 saturated carbocycles. The van der Waals surface area contributed by atoms with Gasteiger partial charge in [-0.05, 0) is 67.8 Å². The highest BCUT2D eigenvalue weighted by molar-refractivity contribution is 14.1. The second kappa shape index (κ2) is 11.1. The molecule has 1 fully saturated rings. The van der Waals surface area contributed by atoms with Crippen molar-refractivity contribution in [3.63, 3.8) is 0 Å². The molecular weight excluding hydrogens is 525 g/mol. The first-order chi connectivity index (χ1) is 14.9. The van der Waals surface area contributed by atoms with E-state index in [2.05, 4.69) is 44.8 Å². The Hall–Kier alpha value is -1.91. The van der Waals surface area contributed by atoms with Gasteiger partial charge in [0.25, 0.3) is 5.91 Å². The maximum atomic E-state index is 12.3. The third kappa shape index (κ3) is 6.54. The lowest BCUT2D eigenvalue weighted by molar-refractivity contribution is -0.118. The van der Waals surface area contributed by atoms with Gasteiger partial charge in [0.15, 0.2) is 18.1 Å². The number of aryl methyl sites for hydroxylation is 1. The largest absolute Gasteiger partial charge is 0.490 e. The minimum atomic E-state index is -0.223. The normalized spacial score (nSPS) is 14.3. The van der Waals surface area contributed by atoms with Gasteiger partial charge in [0.1, 0.15) is 4.99 Å². The van der Waals surface area contributed by atoms with E-state index in [0.29, 0.717) is 18.1 Å². The predicted molar refractivity (Wildman–Crippen MR) is 136 cm³/mol. The summed E-state index contributed by atoms with van der Waals surface area (Å²) in [7, 11) is 2.12. The van der Waals surface area contributed by atoms with E-state index in [0.717, 1.165) is 51.6 Å². The number of benzene rings is 2. The van der Waals surface area contributed by atoms with Crippen molar-refractivity contribution in [1.82, 2.24) is 9.80 Å². The molecule has 0 bridgehead atoms. The van der Waals surface area contributed by atoms with Crippen molar-refractivity contribution in [1.29, 1.82) is 0 Å². The molecule has 1 N–H and O–H groups in total. The zero-order valence-electron chi connectivity index (χ0n) is 18.1. The topological polar surface area (TPSA) is 54.0 Å². The molecule has 2 aromatic rings. The van der Waals surface area contributed by atoms with Gasteiger partial charge in [0.05, 0.1) is 10.2 Å². The summed E-state index contributed by atoms with van der Waals surface area (Å²) in [4.78, 5) is 17.7. The average Bonchev–Trinajstić information content (AvgIpc) is 2.75. The molecule has 6 nitrogen and oxygen atoms in total. The number of nitrogens with one attached hydrogen (secondary N) is 1. The minimum Gasteiger partial charge on any atom is -0.490 e. The maximum absolute atomic E-state index is 12.3. The van der Waals surface area contributed by atoms with Gasteiger partial charge in [-0.25, -0.2) is 0 Å². The Balaban J connectivity index is 1.70. The van der Waals surface area contributed by atoms with Gasteiger partial charge in [0.2, 0.25) is 0 Å². The zero-order chi connectivity index (χ0) is 22.4. The van der Waals surface area contributed by atoms with E-state index in [1.165, 1.54) is 0 Å². The first kappa shape index (κ1) is 23.7. The summed E-state index contributed by atoms with van der Waals surface area (Å²) in [6.45, 7) is 8.12. The number of halogens is 1. The molecule has 8 heteroatoms. The van der Waals surface area contributed by atoms with Gasteiger partial charge < -0.3 is 24.6 Å². The van der Waals surface area contributed by atoms with Crippen molar-refractivity contribution >= 4 is 51.4 Å². The van der Waals surface area contributed by atoms with E-state index in [-0.39, 0.29) is 12.5 Å².